The minimum atomic E-state index is -0.305. The summed E-state index contributed by atoms with van der Waals surface area (Å²) < 4.78 is 7.33. The van der Waals surface area contributed by atoms with Crippen molar-refractivity contribution in [2.75, 3.05) is 12.4 Å². The molecule has 1 heterocycles. The molecule has 3 rings (SSSR count). The van der Waals surface area contributed by atoms with E-state index in [-0.39, 0.29) is 18.0 Å². The molecule has 150 valence electrons. The van der Waals surface area contributed by atoms with Crippen LogP contribution in [0, 0.1) is 13.8 Å². The van der Waals surface area contributed by atoms with E-state index in [0.717, 1.165) is 27.0 Å². The quantitative estimate of drug-likeness (QED) is 0.612. The van der Waals surface area contributed by atoms with Crippen molar-refractivity contribution in [1.82, 2.24) is 9.78 Å². The van der Waals surface area contributed by atoms with Crippen molar-refractivity contribution >= 4 is 27.5 Å². The number of carbonyl (C=O) groups excluding carboxylic acids is 1. The molecule has 1 N–H and O–H groups in total. The number of hydrogen-bond acceptors (Lipinski definition) is 4. The third-order valence-electron chi connectivity index (χ3n) is 4.72. The molecule has 0 atom stereocenters. The molecular formula is C22H22BrN3O3. The van der Waals surface area contributed by atoms with E-state index in [9.17, 15) is 9.59 Å². The standard InChI is InChI=1S/C22H22BrN3O3/c1-14-15(2)25-26(13-21(27)24-18-8-6-17(23)7-9-18)22(28)20(14)12-16-4-10-19(29-3)11-5-16/h4-11H,12-13H2,1-3H3,(H,24,27). The first kappa shape index (κ1) is 20.8. The van der Waals surface area contributed by atoms with Crippen LogP contribution in [0.5, 0.6) is 5.75 Å². The van der Waals surface area contributed by atoms with Crippen molar-refractivity contribution in [2.45, 2.75) is 26.8 Å². The van der Waals surface area contributed by atoms with E-state index >= 15 is 0 Å². The summed E-state index contributed by atoms with van der Waals surface area (Å²) in [5, 5.41) is 7.10. The fourth-order valence-electron chi connectivity index (χ4n) is 2.97. The predicted octanol–water partition coefficient (Wildman–Crippen LogP) is 3.86. The summed E-state index contributed by atoms with van der Waals surface area (Å²) in [6, 6.07) is 14.8. The van der Waals surface area contributed by atoms with Crippen LogP contribution in [0.2, 0.25) is 0 Å². The van der Waals surface area contributed by atoms with Crippen molar-refractivity contribution in [3.05, 3.63) is 85.7 Å². The zero-order chi connectivity index (χ0) is 21.0. The van der Waals surface area contributed by atoms with Crippen LogP contribution in [0.3, 0.4) is 0 Å². The van der Waals surface area contributed by atoms with Gasteiger partial charge in [-0.1, -0.05) is 28.1 Å². The zero-order valence-electron chi connectivity index (χ0n) is 16.5. The molecule has 0 saturated heterocycles. The number of amides is 1. The van der Waals surface area contributed by atoms with Gasteiger partial charge in [0.15, 0.2) is 0 Å². The van der Waals surface area contributed by atoms with Gasteiger partial charge in [-0.2, -0.15) is 5.10 Å². The van der Waals surface area contributed by atoms with E-state index in [4.69, 9.17) is 4.74 Å². The number of nitrogens with one attached hydrogen (secondary N) is 1. The molecule has 0 radical (unpaired) electrons. The van der Waals surface area contributed by atoms with Crippen LogP contribution in [-0.2, 0) is 17.8 Å². The van der Waals surface area contributed by atoms with Crippen LogP contribution in [0.15, 0.2) is 57.8 Å². The van der Waals surface area contributed by atoms with Crippen LogP contribution in [0.4, 0.5) is 5.69 Å². The number of methoxy groups -OCH3 is 1. The molecule has 0 spiro atoms. The lowest BCUT2D eigenvalue weighted by Crippen LogP contribution is -2.33. The molecule has 1 amide bonds. The fourth-order valence-corrected chi connectivity index (χ4v) is 3.23. The van der Waals surface area contributed by atoms with Crippen LogP contribution < -0.4 is 15.6 Å². The van der Waals surface area contributed by atoms with Gasteiger partial charge in [-0.25, -0.2) is 4.68 Å². The molecule has 0 unspecified atom stereocenters. The fraction of sp³-hybridized carbons (Fsp3) is 0.227. The topological polar surface area (TPSA) is 73.2 Å². The Balaban J connectivity index is 1.83. The van der Waals surface area contributed by atoms with E-state index in [2.05, 4.69) is 26.3 Å². The van der Waals surface area contributed by atoms with E-state index in [0.29, 0.717) is 17.7 Å². The van der Waals surface area contributed by atoms with Crippen molar-refractivity contribution in [2.24, 2.45) is 0 Å². The lowest BCUT2D eigenvalue weighted by atomic mass is 10.0. The lowest BCUT2D eigenvalue weighted by Gasteiger charge is -2.13. The highest BCUT2D eigenvalue weighted by molar-refractivity contribution is 9.10. The predicted molar refractivity (Wildman–Crippen MR) is 117 cm³/mol. The van der Waals surface area contributed by atoms with Crippen LogP contribution in [0.25, 0.3) is 0 Å². The SMILES string of the molecule is COc1ccc(Cc2c(C)c(C)nn(CC(=O)Nc3ccc(Br)cc3)c2=O)cc1. The van der Waals surface area contributed by atoms with E-state index in [1.54, 1.807) is 19.2 Å². The molecule has 1 aromatic heterocycles. The molecule has 29 heavy (non-hydrogen) atoms. The van der Waals surface area contributed by atoms with E-state index < -0.39 is 0 Å². The second-order valence-corrected chi connectivity index (χ2v) is 7.65. The third-order valence-corrected chi connectivity index (χ3v) is 5.25. The number of benzene rings is 2. The Labute approximate surface area is 177 Å². The second kappa shape index (κ2) is 9.05. The van der Waals surface area contributed by atoms with Gasteiger partial charge in [0.25, 0.3) is 5.56 Å². The second-order valence-electron chi connectivity index (χ2n) is 6.73. The first-order valence-electron chi connectivity index (χ1n) is 9.13. The number of aryl methyl sites for hydroxylation is 1. The summed E-state index contributed by atoms with van der Waals surface area (Å²) in [4.78, 5) is 25.4. The molecule has 2 aromatic carbocycles. The number of rotatable bonds is 6. The minimum Gasteiger partial charge on any atom is -0.497 e. The highest BCUT2D eigenvalue weighted by Crippen LogP contribution is 2.17. The molecule has 6 nitrogen and oxygen atoms in total. The van der Waals surface area contributed by atoms with Crippen molar-refractivity contribution < 1.29 is 9.53 Å². The Morgan fingerprint density at radius 3 is 2.38 bits per heavy atom. The largest absolute Gasteiger partial charge is 0.497 e. The molecule has 0 saturated carbocycles. The summed E-state index contributed by atoms with van der Waals surface area (Å²) in [5.41, 5.74) is 3.60. The van der Waals surface area contributed by atoms with Gasteiger partial charge in [-0.3, -0.25) is 9.59 Å². The van der Waals surface area contributed by atoms with Gasteiger partial charge >= 0.3 is 0 Å². The van der Waals surface area contributed by atoms with Crippen molar-refractivity contribution in [3.8, 4) is 5.75 Å². The van der Waals surface area contributed by atoms with Gasteiger partial charge in [-0.15, -0.1) is 0 Å². The van der Waals surface area contributed by atoms with Gasteiger partial charge in [0.1, 0.15) is 12.3 Å². The first-order valence-corrected chi connectivity index (χ1v) is 9.92. The van der Waals surface area contributed by atoms with E-state index in [1.165, 1.54) is 4.68 Å². The molecule has 0 aliphatic carbocycles. The summed E-state index contributed by atoms with van der Waals surface area (Å²) in [6.45, 7) is 3.58. The maximum Gasteiger partial charge on any atom is 0.271 e. The van der Waals surface area contributed by atoms with Crippen molar-refractivity contribution in [3.63, 3.8) is 0 Å². The molecule has 3 aromatic rings. The summed E-state index contributed by atoms with van der Waals surface area (Å²) in [7, 11) is 1.61. The summed E-state index contributed by atoms with van der Waals surface area (Å²) in [6.07, 6.45) is 0.465. The zero-order valence-corrected chi connectivity index (χ0v) is 18.1. The number of halogens is 1. The normalized spacial score (nSPS) is 10.6. The third kappa shape index (κ3) is 5.12. The Hall–Kier alpha value is -2.93. The number of aromatic nitrogens is 2. The van der Waals surface area contributed by atoms with Crippen LogP contribution in [-0.4, -0.2) is 22.8 Å². The Bertz CT molecular complexity index is 1070. The van der Waals surface area contributed by atoms with Gasteiger partial charge in [0.05, 0.1) is 12.8 Å². The molecule has 0 bridgehead atoms. The Kier molecular flexibility index (Phi) is 6.49. The number of carbonyl (C=O) groups is 1. The molecule has 0 aliphatic heterocycles. The highest BCUT2D eigenvalue weighted by Gasteiger charge is 2.15. The van der Waals surface area contributed by atoms with Gasteiger partial charge in [0, 0.05) is 22.1 Å². The van der Waals surface area contributed by atoms with Crippen LogP contribution >= 0.6 is 15.9 Å². The molecule has 7 heteroatoms. The Morgan fingerprint density at radius 2 is 1.76 bits per heavy atom. The molecule has 0 fully saturated rings. The van der Waals surface area contributed by atoms with Crippen molar-refractivity contribution in [1.29, 1.82) is 0 Å². The number of anilines is 1. The van der Waals surface area contributed by atoms with Gasteiger partial charge in [0.2, 0.25) is 5.91 Å². The van der Waals surface area contributed by atoms with Gasteiger partial charge in [-0.05, 0) is 61.4 Å². The van der Waals surface area contributed by atoms with Crippen LogP contribution in [0.1, 0.15) is 22.4 Å². The van der Waals surface area contributed by atoms with E-state index in [1.807, 2.05) is 50.2 Å². The monoisotopic (exact) mass is 455 g/mol. The Morgan fingerprint density at radius 1 is 1.10 bits per heavy atom. The number of ether oxygens (including phenoxy) is 1. The summed E-state index contributed by atoms with van der Waals surface area (Å²) >= 11 is 3.36. The number of nitrogens with zero attached hydrogens (tertiary/aromatic N) is 2. The minimum absolute atomic E-state index is 0.147. The maximum absolute atomic E-state index is 13.0. The molecule has 0 aliphatic rings. The first-order chi connectivity index (χ1) is 13.9. The lowest BCUT2D eigenvalue weighted by molar-refractivity contribution is -0.117. The maximum atomic E-state index is 13.0. The highest BCUT2D eigenvalue weighted by atomic mass is 79.9. The summed E-state index contributed by atoms with van der Waals surface area (Å²) in [5.74, 6) is 0.457. The smallest absolute Gasteiger partial charge is 0.271 e. The molecular weight excluding hydrogens is 434 g/mol. The average molecular weight is 456 g/mol. The number of hydrogen-bond donors (Lipinski definition) is 1. The van der Waals surface area contributed by atoms with Gasteiger partial charge < -0.3 is 10.1 Å². The average Bonchev–Trinajstić information content (AvgIpc) is 2.71.